The molecule has 0 aliphatic heterocycles. The Balaban J connectivity index is 0.00000533. The molecule has 0 spiro atoms. The second kappa shape index (κ2) is 14.2. The van der Waals surface area contributed by atoms with E-state index in [1.165, 1.54) is 33.2 Å². The van der Waals surface area contributed by atoms with E-state index in [0.29, 0.717) is 19.5 Å². The molecule has 0 fully saturated rings. The van der Waals surface area contributed by atoms with Crippen LogP contribution < -0.4 is 37.4 Å². The number of aryl methyl sites for hydroxylation is 1. The van der Waals surface area contributed by atoms with Crippen LogP contribution in [0.25, 0.3) is 21.8 Å². The Labute approximate surface area is 239 Å². The quantitative estimate of drug-likeness (QED) is 0.213. The number of benzene rings is 2. The average Bonchev–Trinajstić information content (AvgIpc) is 2.84. The summed E-state index contributed by atoms with van der Waals surface area (Å²) in [5.74, 6) is 0.00509. The van der Waals surface area contributed by atoms with E-state index in [-0.39, 0.29) is 18.3 Å². The van der Waals surface area contributed by atoms with Gasteiger partial charge in [0, 0.05) is 88.4 Å². The molecule has 2 amide bonds. The van der Waals surface area contributed by atoms with Crippen molar-refractivity contribution in [3.8, 4) is 0 Å². The van der Waals surface area contributed by atoms with Gasteiger partial charge in [0.05, 0.1) is 0 Å². The van der Waals surface area contributed by atoms with Crippen LogP contribution in [0.3, 0.4) is 0 Å². The van der Waals surface area contributed by atoms with Crippen molar-refractivity contribution in [2.45, 2.75) is 58.6 Å². The monoisotopic (exact) mass is 557 g/mol. The summed E-state index contributed by atoms with van der Waals surface area (Å²) in [7, 11) is 8.26. The van der Waals surface area contributed by atoms with Gasteiger partial charge in [0.15, 0.2) is 0 Å². The number of rotatable bonds is 11. The van der Waals surface area contributed by atoms with Gasteiger partial charge in [-0.1, -0.05) is 0 Å². The van der Waals surface area contributed by atoms with Crippen molar-refractivity contribution in [1.82, 2.24) is 10.6 Å². The van der Waals surface area contributed by atoms with Crippen molar-refractivity contribution in [3.63, 3.8) is 0 Å². The van der Waals surface area contributed by atoms with Crippen LogP contribution in [0.2, 0.25) is 0 Å². The maximum Gasteiger partial charge on any atom is 0.407 e. The number of alkyl carbamates (subject to hydrolysis) is 1. The first-order chi connectivity index (χ1) is 17.9. The summed E-state index contributed by atoms with van der Waals surface area (Å²) in [6, 6.07) is 15.5. The Morgan fingerprint density at radius 3 is 1.85 bits per heavy atom. The number of carbonyl (C=O) groups excluding carboxylic acids is 2. The highest BCUT2D eigenvalue weighted by atomic mass is 35.5. The number of ether oxygens (including phenoxy) is 1. The van der Waals surface area contributed by atoms with Crippen molar-refractivity contribution in [3.05, 3.63) is 42.5 Å². The molecule has 39 heavy (non-hydrogen) atoms. The molecular weight excluding hydrogens is 514 g/mol. The fourth-order valence-electron chi connectivity index (χ4n) is 4.37. The maximum absolute atomic E-state index is 12.2. The van der Waals surface area contributed by atoms with Gasteiger partial charge in [-0.3, -0.25) is 4.79 Å². The van der Waals surface area contributed by atoms with E-state index in [9.17, 15) is 9.59 Å². The Bertz CT molecular complexity index is 1200. The van der Waals surface area contributed by atoms with Crippen LogP contribution in [0.5, 0.6) is 0 Å². The van der Waals surface area contributed by atoms with Crippen LogP contribution in [0, 0.1) is 0 Å². The van der Waals surface area contributed by atoms with Crippen LogP contribution in [0.4, 0.5) is 16.2 Å². The SMILES string of the molecule is CN(C)c1ccc2cc3ccc(N(C)C)cc3[n+](CCCCCC(=O)NCCNC(=O)OC(C)(C)C)c2c1.[Cl-]. The van der Waals surface area contributed by atoms with Gasteiger partial charge in [-0.2, -0.15) is 4.57 Å². The van der Waals surface area contributed by atoms with Crippen molar-refractivity contribution >= 4 is 45.2 Å². The molecule has 0 aliphatic rings. The molecule has 2 aromatic carbocycles. The van der Waals surface area contributed by atoms with E-state index in [2.05, 4.69) is 95.7 Å². The van der Waals surface area contributed by atoms with Crippen LogP contribution in [-0.4, -0.2) is 58.9 Å². The number of unbranched alkanes of at least 4 members (excludes halogenated alkanes) is 2. The van der Waals surface area contributed by atoms with Crippen molar-refractivity contribution in [2.24, 2.45) is 0 Å². The van der Waals surface area contributed by atoms with Crippen LogP contribution in [0.15, 0.2) is 42.5 Å². The predicted molar refractivity (Wildman–Crippen MR) is 156 cm³/mol. The predicted octanol–water partition coefficient (Wildman–Crippen LogP) is 1.62. The molecule has 8 nitrogen and oxygen atoms in total. The molecule has 0 atom stereocenters. The van der Waals surface area contributed by atoms with E-state index in [4.69, 9.17) is 4.74 Å². The van der Waals surface area contributed by atoms with Gasteiger partial charge in [0.1, 0.15) is 12.1 Å². The number of hydrogen-bond donors (Lipinski definition) is 2. The minimum atomic E-state index is -0.535. The number of hydrogen-bond acceptors (Lipinski definition) is 5. The summed E-state index contributed by atoms with van der Waals surface area (Å²) in [4.78, 5) is 28.2. The van der Waals surface area contributed by atoms with E-state index in [0.717, 1.165) is 25.8 Å². The zero-order chi connectivity index (χ0) is 27.9. The third-order valence-electron chi connectivity index (χ3n) is 6.35. The molecular formula is C30H44ClN5O3. The van der Waals surface area contributed by atoms with Crippen molar-refractivity contribution in [1.29, 1.82) is 0 Å². The highest BCUT2D eigenvalue weighted by Crippen LogP contribution is 2.25. The van der Waals surface area contributed by atoms with Crippen molar-refractivity contribution in [2.75, 3.05) is 51.1 Å². The molecule has 2 N–H and O–H groups in total. The minimum Gasteiger partial charge on any atom is -1.00 e. The largest absolute Gasteiger partial charge is 1.00 e. The number of halogens is 1. The first-order valence-corrected chi connectivity index (χ1v) is 13.4. The molecule has 0 aliphatic carbocycles. The van der Waals surface area contributed by atoms with Gasteiger partial charge in [0.25, 0.3) is 0 Å². The van der Waals surface area contributed by atoms with Gasteiger partial charge < -0.3 is 37.6 Å². The van der Waals surface area contributed by atoms with Gasteiger partial charge in [0.2, 0.25) is 16.9 Å². The Morgan fingerprint density at radius 2 is 1.33 bits per heavy atom. The number of anilines is 2. The molecule has 214 valence electrons. The molecule has 1 heterocycles. The lowest BCUT2D eigenvalue weighted by atomic mass is 10.1. The molecule has 1 aromatic heterocycles. The Kier molecular flexibility index (Phi) is 11.6. The fourth-order valence-corrected chi connectivity index (χ4v) is 4.37. The zero-order valence-corrected chi connectivity index (χ0v) is 25.2. The number of fused-ring (bicyclic) bond motifs is 2. The van der Waals surface area contributed by atoms with E-state index < -0.39 is 11.7 Å². The fraction of sp³-hybridized carbons (Fsp3) is 0.500. The number of pyridine rings is 1. The molecule has 0 saturated heterocycles. The van der Waals surface area contributed by atoms with Crippen molar-refractivity contribution < 1.29 is 31.3 Å². The molecule has 3 rings (SSSR count). The highest BCUT2D eigenvalue weighted by molar-refractivity contribution is 5.91. The summed E-state index contributed by atoms with van der Waals surface area (Å²) >= 11 is 0. The van der Waals surface area contributed by atoms with E-state index >= 15 is 0 Å². The van der Waals surface area contributed by atoms with Gasteiger partial charge in [-0.25, -0.2) is 4.79 Å². The lowest BCUT2D eigenvalue weighted by molar-refractivity contribution is -0.645. The summed E-state index contributed by atoms with van der Waals surface area (Å²) < 4.78 is 7.62. The molecule has 0 bridgehead atoms. The Morgan fingerprint density at radius 1 is 0.795 bits per heavy atom. The lowest BCUT2D eigenvalue weighted by Gasteiger charge is -2.19. The molecule has 0 unspecified atom stereocenters. The lowest BCUT2D eigenvalue weighted by Crippen LogP contribution is -3.00. The summed E-state index contributed by atoms with van der Waals surface area (Å²) in [6.45, 7) is 7.06. The topological polar surface area (TPSA) is 77.8 Å². The first kappa shape index (κ1) is 32.0. The number of nitrogens with one attached hydrogen (secondary N) is 2. The molecule has 0 radical (unpaired) electrons. The van der Waals surface area contributed by atoms with E-state index in [1.54, 1.807) is 0 Å². The molecule has 9 heteroatoms. The number of aromatic nitrogens is 1. The zero-order valence-electron chi connectivity index (χ0n) is 24.4. The number of carbonyl (C=O) groups is 2. The van der Waals surface area contributed by atoms with Crippen LogP contribution in [0.1, 0.15) is 46.5 Å². The third kappa shape index (κ3) is 9.46. The second-order valence-corrected chi connectivity index (χ2v) is 11.2. The van der Waals surface area contributed by atoms with Gasteiger partial charge >= 0.3 is 6.09 Å². The minimum absolute atomic E-state index is 0. The van der Waals surface area contributed by atoms with Gasteiger partial charge in [-0.05, 0) is 63.9 Å². The second-order valence-electron chi connectivity index (χ2n) is 11.2. The molecule has 3 aromatic rings. The average molecular weight is 558 g/mol. The standard InChI is InChI=1S/C30H43N5O3.ClH/c1-30(2,3)38-29(37)32-17-16-31-28(36)11-9-8-10-18-35-26-20-24(33(4)5)14-12-22(26)19-23-13-15-25(34(6)7)21-27(23)35;/h12-15,19-21H,8-11,16-18H2,1-7H3,(H-,31,32,36,37);1H. The normalized spacial score (nSPS) is 11.2. The van der Waals surface area contributed by atoms with Crippen LogP contribution >= 0.6 is 0 Å². The smallest absolute Gasteiger partial charge is 0.407 e. The van der Waals surface area contributed by atoms with Gasteiger partial charge in [-0.15, -0.1) is 0 Å². The first-order valence-electron chi connectivity index (χ1n) is 13.4. The summed E-state index contributed by atoms with van der Waals surface area (Å²) in [6.07, 6.45) is 2.75. The van der Waals surface area contributed by atoms with E-state index in [1.807, 2.05) is 20.8 Å². The summed E-state index contributed by atoms with van der Waals surface area (Å²) in [5, 5.41) is 7.97. The maximum atomic E-state index is 12.2. The third-order valence-corrected chi connectivity index (χ3v) is 6.35. The Hall–Kier alpha value is -3.26. The molecule has 0 saturated carbocycles. The summed E-state index contributed by atoms with van der Waals surface area (Å²) in [5.41, 5.74) is 4.25. The number of amides is 2. The number of nitrogens with zero attached hydrogens (tertiary/aromatic N) is 3. The van der Waals surface area contributed by atoms with Crippen LogP contribution in [-0.2, 0) is 16.1 Å². The highest BCUT2D eigenvalue weighted by Gasteiger charge is 2.18.